The number of nitrogens with zero attached hydrogens (tertiary/aromatic N) is 4. The molecule has 11 nitrogen and oxygen atoms in total. The zero-order valence-corrected chi connectivity index (χ0v) is 26.1. The Morgan fingerprint density at radius 3 is 2.27 bits per heavy atom. The number of carboxylic acid groups (broad SMARTS) is 1. The lowest BCUT2D eigenvalue weighted by molar-refractivity contribution is -0.154. The summed E-state index contributed by atoms with van der Waals surface area (Å²) in [5, 5.41) is 17.8. The molecule has 2 N–H and O–H groups in total. The molecule has 2 amide bonds. The average Bonchev–Trinajstić information content (AvgIpc) is 3.46. The van der Waals surface area contributed by atoms with Gasteiger partial charge in [-0.1, -0.05) is 25.4 Å². The van der Waals surface area contributed by atoms with Gasteiger partial charge in [0.2, 0.25) is 0 Å². The van der Waals surface area contributed by atoms with Crippen LogP contribution in [-0.4, -0.2) is 88.1 Å². The van der Waals surface area contributed by atoms with Crippen LogP contribution >= 0.6 is 11.6 Å². The van der Waals surface area contributed by atoms with Crippen molar-refractivity contribution in [2.75, 3.05) is 38.0 Å². The second-order valence-corrected chi connectivity index (χ2v) is 12.5. The van der Waals surface area contributed by atoms with Crippen molar-refractivity contribution in [2.45, 2.75) is 77.6 Å². The minimum atomic E-state index is -3.12. The molecule has 14 heteroatoms. The highest BCUT2D eigenvalue weighted by Gasteiger charge is 2.49. The number of anilines is 1. The number of carbonyl (C=O) groups is 3. The van der Waals surface area contributed by atoms with Gasteiger partial charge in [0.1, 0.15) is 5.54 Å². The molecular formula is C30H40ClF2N5O6. The van der Waals surface area contributed by atoms with Crippen molar-refractivity contribution < 1.29 is 37.7 Å². The number of carboxylic acids is 1. The molecule has 242 valence electrons. The molecule has 0 aliphatic carbocycles. The van der Waals surface area contributed by atoms with Crippen LogP contribution < -0.4 is 10.1 Å². The number of aromatic nitrogens is 2. The normalized spacial score (nSPS) is 18.5. The highest BCUT2D eigenvalue weighted by atomic mass is 35.5. The van der Waals surface area contributed by atoms with E-state index in [0.717, 1.165) is 5.69 Å². The third-order valence-corrected chi connectivity index (χ3v) is 8.71. The molecule has 2 aromatic rings. The molecule has 1 aromatic carbocycles. The lowest BCUT2D eigenvalue weighted by Gasteiger charge is -2.46. The van der Waals surface area contributed by atoms with E-state index in [1.54, 1.807) is 29.6 Å². The van der Waals surface area contributed by atoms with E-state index in [0.29, 0.717) is 25.9 Å². The summed E-state index contributed by atoms with van der Waals surface area (Å²) in [6, 6.07) is 5.94. The van der Waals surface area contributed by atoms with E-state index in [-0.39, 0.29) is 61.0 Å². The van der Waals surface area contributed by atoms with Gasteiger partial charge in [-0.05, 0) is 63.6 Å². The zero-order valence-electron chi connectivity index (χ0n) is 25.4. The van der Waals surface area contributed by atoms with E-state index in [1.807, 2.05) is 24.8 Å². The fourth-order valence-electron chi connectivity index (χ4n) is 6.02. The van der Waals surface area contributed by atoms with E-state index >= 15 is 0 Å². The first-order valence-corrected chi connectivity index (χ1v) is 15.2. The summed E-state index contributed by atoms with van der Waals surface area (Å²) in [4.78, 5) is 42.6. The van der Waals surface area contributed by atoms with E-state index in [2.05, 4.69) is 15.2 Å². The second kappa shape index (κ2) is 13.7. The number of hydrogen-bond donors (Lipinski definition) is 2. The number of halogens is 3. The summed E-state index contributed by atoms with van der Waals surface area (Å²) in [5.74, 6) is -1.59. The minimum Gasteiger partial charge on any atom is -0.481 e. The molecule has 4 rings (SSSR count). The van der Waals surface area contributed by atoms with Crippen LogP contribution in [0, 0.1) is 5.41 Å². The summed E-state index contributed by atoms with van der Waals surface area (Å²) in [6.45, 7) is 5.96. The molecule has 2 aliphatic rings. The van der Waals surface area contributed by atoms with Gasteiger partial charge in [-0.15, -0.1) is 0 Å². The lowest BCUT2D eigenvalue weighted by Crippen LogP contribution is -2.57. The molecule has 0 spiro atoms. The molecular weight excluding hydrogens is 600 g/mol. The molecule has 0 unspecified atom stereocenters. The van der Waals surface area contributed by atoms with Gasteiger partial charge in [0, 0.05) is 55.7 Å². The Hall–Kier alpha value is -3.45. The summed E-state index contributed by atoms with van der Waals surface area (Å²) < 4.78 is 37.9. The van der Waals surface area contributed by atoms with Crippen molar-refractivity contribution in [2.24, 2.45) is 5.41 Å². The summed E-state index contributed by atoms with van der Waals surface area (Å²) >= 11 is 6.00. The maximum atomic E-state index is 14.1. The summed E-state index contributed by atoms with van der Waals surface area (Å²) in [7, 11) is 0. The van der Waals surface area contributed by atoms with Gasteiger partial charge in [-0.25, -0.2) is 4.79 Å². The maximum Gasteiger partial charge on any atom is 0.410 e. The highest BCUT2D eigenvalue weighted by Crippen LogP contribution is 2.39. The largest absolute Gasteiger partial charge is 0.481 e. The van der Waals surface area contributed by atoms with Gasteiger partial charge in [0.25, 0.3) is 5.91 Å². The highest BCUT2D eigenvalue weighted by molar-refractivity contribution is 6.30. The Kier molecular flexibility index (Phi) is 10.4. The smallest absolute Gasteiger partial charge is 0.410 e. The molecule has 2 fully saturated rings. The molecule has 44 heavy (non-hydrogen) atoms. The Morgan fingerprint density at radius 2 is 1.70 bits per heavy atom. The number of amides is 2. The second-order valence-electron chi connectivity index (χ2n) is 12.1. The Morgan fingerprint density at radius 1 is 1.05 bits per heavy atom. The Bertz CT molecular complexity index is 1340. The number of ether oxygens (including phenoxy) is 2. The monoisotopic (exact) mass is 639 g/mol. The molecule has 0 bridgehead atoms. The molecule has 3 heterocycles. The molecule has 2 saturated heterocycles. The first-order valence-electron chi connectivity index (χ1n) is 14.8. The standard InChI is InChI=1S/C30H40ClF2N5O6/c1-19(2)23-7-12-34-38(23)30(25(39)35-22-6-5-21(31)17-24(22)44-27(32)33)10-13-36(14-11-30)18-29(26(40)41)8-15-37(16-9-29)28(42)43-20(3)4/h5-7,12,17,19-20,27H,8-11,13-16,18H2,1-4H3,(H,35,39)(H,40,41). The van der Waals surface area contributed by atoms with Crippen LogP contribution in [0.3, 0.4) is 0 Å². The molecule has 0 radical (unpaired) electrons. The molecule has 1 aromatic heterocycles. The lowest BCUT2D eigenvalue weighted by atomic mass is 9.76. The average molecular weight is 640 g/mol. The van der Waals surface area contributed by atoms with Crippen molar-refractivity contribution in [3.63, 3.8) is 0 Å². The Labute approximate surface area is 260 Å². The van der Waals surface area contributed by atoms with Gasteiger partial charge in [0.15, 0.2) is 5.75 Å². The van der Waals surface area contributed by atoms with Crippen molar-refractivity contribution in [3.8, 4) is 5.75 Å². The number of alkyl halides is 2. The SMILES string of the molecule is CC(C)OC(=O)N1CCC(CN2CCC(C(=O)Nc3ccc(Cl)cc3OC(F)F)(n3nccc3C(C)C)CC2)(C(=O)O)CC1. The third kappa shape index (κ3) is 7.26. The van der Waals surface area contributed by atoms with Gasteiger partial charge >= 0.3 is 18.7 Å². The number of nitrogens with one attached hydrogen (secondary N) is 1. The van der Waals surface area contributed by atoms with Crippen molar-refractivity contribution >= 4 is 35.3 Å². The van der Waals surface area contributed by atoms with E-state index < -0.39 is 35.5 Å². The number of piperidine rings is 2. The molecule has 2 aliphatic heterocycles. The van der Waals surface area contributed by atoms with E-state index in [4.69, 9.17) is 16.3 Å². The molecule has 0 saturated carbocycles. The van der Waals surface area contributed by atoms with Gasteiger partial charge < -0.3 is 29.7 Å². The van der Waals surface area contributed by atoms with Crippen LogP contribution in [0.1, 0.15) is 65.0 Å². The van der Waals surface area contributed by atoms with E-state index in [1.165, 1.54) is 18.2 Å². The van der Waals surface area contributed by atoms with Crippen LogP contribution in [0.4, 0.5) is 19.3 Å². The predicted octanol–water partition coefficient (Wildman–Crippen LogP) is 5.40. The van der Waals surface area contributed by atoms with Crippen LogP contribution in [0.25, 0.3) is 0 Å². The number of carbonyl (C=O) groups excluding carboxylic acids is 2. The number of aliphatic carboxylic acids is 1. The van der Waals surface area contributed by atoms with Crippen molar-refractivity contribution in [1.29, 1.82) is 0 Å². The number of rotatable bonds is 10. The maximum absolute atomic E-state index is 14.1. The minimum absolute atomic E-state index is 0.0383. The van der Waals surface area contributed by atoms with Gasteiger partial charge in [-0.2, -0.15) is 13.9 Å². The molecule has 0 atom stereocenters. The zero-order chi connectivity index (χ0) is 32.2. The van der Waals surface area contributed by atoms with Crippen LogP contribution in [0.5, 0.6) is 5.75 Å². The number of likely N-dealkylation sites (tertiary alicyclic amines) is 2. The third-order valence-electron chi connectivity index (χ3n) is 8.48. The van der Waals surface area contributed by atoms with Crippen molar-refractivity contribution in [3.05, 3.63) is 41.2 Å². The van der Waals surface area contributed by atoms with E-state index in [9.17, 15) is 28.3 Å². The Balaban J connectivity index is 1.55. The fourth-order valence-corrected chi connectivity index (χ4v) is 6.18. The first kappa shape index (κ1) is 33.4. The summed E-state index contributed by atoms with van der Waals surface area (Å²) in [5.41, 5.74) is -1.36. The number of benzene rings is 1. The first-order chi connectivity index (χ1) is 20.8. The van der Waals surface area contributed by atoms with Crippen LogP contribution in [-0.2, 0) is 19.9 Å². The van der Waals surface area contributed by atoms with Crippen LogP contribution in [0.2, 0.25) is 5.02 Å². The fraction of sp³-hybridized carbons (Fsp3) is 0.600. The van der Waals surface area contributed by atoms with Crippen molar-refractivity contribution in [1.82, 2.24) is 19.6 Å². The topological polar surface area (TPSA) is 126 Å². The van der Waals surface area contributed by atoms with Gasteiger partial charge in [-0.3, -0.25) is 14.3 Å². The number of hydrogen-bond acceptors (Lipinski definition) is 7. The quantitative estimate of drug-likeness (QED) is 0.354. The van der Waals surface area contributed by atoms with Gasteiger partial charge in [0.05, 0.1) is 17.2 Å². The predicted molar refractivity (Wildman–Crippen MR) is 159 cm³/mol. The summed E-state index contributed by atoms with van der Waals surface area (Å²) in [6.07, 6.45) is 2.05. The van der Waals surface area contributed by atoms with Crippen LogP contribution in [0.15, 0.2) is 30.5 Å².